The number of hydrogen-bond acceptors (Lipinski definition) is 7. The van der Waals surface area contributed by atoms with Crippen molar-refractivity contribution in [3.8, 4) is 0 Å². The number of aromatic nitrogens is 1. The summed E-state index contributed by atoms with van der Waals surface area (Å²) in [6, 6.07) is 10.6. The number of carbonyl (C=O) groups is 2. The molecule has 2 atom stereocenters. The second kappa shape index (κ2) is 13.4. The Bertz CT molecular complexity index is 1360. The molecule has 12 nitrogen and oxygen atoms in total. The van der Waals surface area contributed by atoms with Crippen LogP contribution in [0.2, 0.25) is 0 Å². The lowest BCUT2D eigenvalue weighted by molar-refractivity contribution is 0.0452. The molecule has 0 aliphatic rings. The number of halogens is 2. The van der Waals surface area contributed by atoms with Crippen LogP contribution in [0, 0.1) is 11.6 Å². The van der Waals surface area contributed by atoms with Crippen molar-refractivity contribution in [1.82, 2.24) is 15.2 Å². The molecule has 0 spiro atoms. The van der Waals surface area contributed by atoms with Gasteiger partial charge in [-0.3, -0.25) is 9.84 Å². The number of amides is 3. The number of aliphatic hydroxyl groups excluding tert-OH is 1. The zero-order chi connectivity index (χ0) is 28.6. The largest absolute Gasteiger partial charge is 0.469 e. The number of rotatable bonds is 11. The second-order valence-corrected chi connectivity index (χ2v) is 9.69. The maximum atomic E-state index is 13.9. The van der Waals surface area contributed by atoms with Crippen molar-refractivity contribution in [2.24, 2.45) is 0 Å². The smallest absolute Gasteiger partial charge is 0.447 e. The van der Waals surface area contributed by atoms with Crippen LogP contribution in [0.25, 0.3) is 10.8 Å². The van der Waals surface area contributed by atoms with Gasteiger partial charge in [0.1, 0.15) is 12.4 Å². The van der Waals surface area contributed by atoms with Crippen LogP contribution >= 0.6 is 7.82 Å². The summed E-state index contributed by atoms with van der Waals surface area (Å²) < 4.78 is 47.8. The molecule has 5 N–H and O–H groups in total. The summed E-state index contributed by atoms with van der Waals surface area (Å²) in [6.45, 7) is -1.58. The van der Waals surface area contributed by atoms with Crippen LogP contribution in [0.15, 0.2) is 54.7 Å². The molecule has 3 rings (SSSR count). The summed E-state index contributed by atoms with van der Waals surface area (Å²) in [5.41, 5.74) is -0.109. The Balaban J connectivity index is 1.64. The number of ether oxygens (including phenoxy) is 1. The Labute approximate surface area is 221 Å². The zero-order valence-corrected chi connectivity index (χ0v) is 21.6. The number of hydrogen-bond donors (Lipinski definition) is 5. The van der Waals surface area contributed by atoms with Gasteiger partial charge in [0, 0.05) is 30.7 Å². The summed E-state index contributed by atoms with van der Waals surface area (Å²) in [5.74, 6) is -2.00. The first-order valence-electron chi connectivity index (χ1n) is 11.5. The Hall–Kier alpha value is -3.68. The fraction of sp³-hybridized carbons (Fsp3) is 0.292. The molecule has 1 aromatic heterocycles. The molecule has 0 saturated heterocycles. The van der Waals surface area contributed by atoms with Crippen molar-refractivity contribution in [1.29, 1.82) is 0 Å². The number of anilines is 1. The van der Waals surface area contributed by atoms with E-state index in [9.17, 15) is 28.0 Å². The zero-order valence-electron chi connectivity index (χ0n) is 20.7. The Kier molecular flexibility index (Phi) is 10.3. The average molecular weight is 568 g/mol. The van der Waals surface area contributed by atoms with Crippen molar-refractivity contribution in [3.63, 3.8) is 0 Å². The number of urea groups is 1. The third-order valence-electron chi connectivity index (χ3n) is 5.58. The molecule has 0 fully saturated rings. The van der Waals surface area contributed by atoms with Crippen molar-refractivity contribution in [2.75, 3.05) is 25.6 Å². The van der Waals surface area contributed by atoms with Crippen molar-refractivity contribution in [3.05, 3.63) is 71.9 Å². The van der Waals surface area contributed by atoms with Gasteiger partial charge < -0.3 is 29.8 Å². The van der Waals surface area contributed by atoms with Gasteiger partial charge in [-0.15, -0.1) is 0 Å². The van der Waals surface area contributed by atoms with Gasteiger partial charge >= 0.3 is 19.9 Å². The van der Waals surface area contributed by atoms with E-state index in [1.807, 2.05) is 24.3 Å². The number of likely N-dealkylation sites (N-methyl/N-ethyl adjacent to an activating group) is 1. The third-order valence-corrected chi connectivity index (χ3v) is 6.06. The number of pyridine rings is 1. The molecule has 0 bridgehead atoms. The Morgan fingerprint density at radius 1 is 1.10 bits per heavy atom. The van der Waals surface area contributed by atoms with Crippen molar-refractivity contribution >= 4 is 36.5 Å². The number of nitrogens with zero attached hydrogens (tertiary/aromatic N) is 2. The first-order valence-corrected chi connectivity index (χ1v) is 13.1. The molecule has 210 valence electrons. The van der Waals surface area contributed by atoms with E-state index in [1.165, 1.54) is 19.2 Å². The average Bonchev–Trinajstić information content (AvgIpc) is 2.89. The molecular weight excluding hydrogens is 541 g/mol. The van der Waals surface area contributed by atoms with Crippen molar-refractivity contribution in [2.45, 2.75) is 25.1 Å². The van der Waals surface area contributed by atoms with E-state index in [0.29, 0.717) is 0 Å². The van der Waals surface area contributed by atoms with Gasteiger partial charge in [0.2, 0.25) is 0 Å². The highest BCUT2D eigenvalue weighted by Crippen LogP contribution is 2.35. The summed E-state index contributed by atoms with van der Waals surface area (Å²) in [4.78, 5) is 48.0. The molecule has 39 heavy (non-hydrogen) atoms. The molecule has 0 aliphatic heterocycles. The van der Waals surface area contributed by atoms with E-state index >= 15 is 0 Å². The van der Waals surface area contributed by atoms with Gasteiger partial charge in [0.05, 0.1) is 18.8 Å². The van der Waals surface area contributed by atoms with Gasteiger partial charge in [-0.2, -0.15) is 0 Å². The van der Waals surface area contributed by atoms with Crippen LogP contribution in [0.4, 0.5) is 24.2 Å². The number of aliphatic hydroxyl groups is 1. The van der Waals surface area contributed by atoms with E-state index in [1.54, 1.807) is 12.3 Å². The van der Waals surface area contributed by atoms with E-state index < -0.39 is 56.9 Å². The number of phosphoric acid groups is 1. The SMILES string of the molecule is CN(C(=O)NCc1cccc(F)c1F)[C@H](COC(=O)Nc1cc2ccccc2cn1)C[C@@H](O)COP(=O)(O)O. The van der Waals surface area contributed by atoms with Crippen LogP contribution in [0.5, 0.6) is 0 Å². The monoisotopic (exact) mass is 568 g/mol. The maximum absolute atomic E-state index is 13.9. The van der Waals surface area contributed by atoms with E-state index in [2.05, 4.69) is 20.1 Å². The molecule has 3 aromatic rings. The van der Waals surface area contributed by atoms with Gasteiger partial charge in [-0.05, 0) is 23.9 Å². The fourth-order valence-corrected chi connectivity index (χ4v) is 3.88. The lowest BCUT2D eigenvalue weighted by atomic mass is 10.1. The van der Waals surface area contributed by atoms with Crippen LogP contribution in [-0.2, 0) is 20.4 Å². The number of phosphoric ester groups is 1. The highest BCUT2D eigenvalue weighted by atomic mass is 31.2. The number of nitrogens with one attached hydrogen (secondary N) is 2. The molecule has 15 heteroatoms. The van der Waals surface area contributed by atoms with E-state index in [-0.39, 0.29) is 24.3 Å². The summed E-state index contributed by atoms with van der Waals surface area (Å²) in [5, 5.41) is 16.7. The standard InChI is InChI=1S/C24H27F2N4O8P/c1-30(23(32)28-12-17-7-4-8-20(25)22(17)26)18(10-19(31)14-38-39(34,35)36)13-37-24(33)29-21-9-15-5-2-3-6-16(15)11-27-21/h2-9,11,18-19,31H,10,12-14H2,1H3,(H,28,32)(H,27,29,33)(H2,34,35,36)/t18-,19+/m0/s1. The Morgan fingerprint density at radius 3 is 2.54 bits per heavy atom. The summed E-state index contributed by atoms with van der Waals surface area (Å²) >= 11 is 0. The third kappa shape index (κ3) is 9.23. The minimum Gasteiger partial charge on any atom is -0.447 e. The number of carbonyl (C=O) groups excluding carboxylic acids is 2. The quantitative estimate of drug-likeness (QED) is 0.218. The van der Waals surface area contributed by atoms with Gasteiger partial charge in [-0.1, -0.05) is 36.4 Å². The predicted molar refractivity (Wildman–Crippen MR) is 135 cm³/mol. The highest BCUT2D eigenvalue weighted by molar-refractivity contribution is 7.46. The molecular formula is C24H27F2N4O8P. The number of fused-ring (bicyclic) bond motifs is 1. The summed E-state index contributed by atoms with van der Waals surface area (Å²) in [6.07, 6.45) is -1.14. The first kappa shape index (κ1) is 29.9. The predicted octanol–water partition coefficient (Wildman–Crippen LogP) is 3.13. The Morgan fingerprint density at radius 2 is 1.82 bits per heavy atom. The molecule has 0 aliphatic carbocycles. The minimum atomic E-state index is -4.87. The second-order valence-electron chi connectivity index (χ2n) is 8.45. The molecule has 2 aromatic carbocycles. The van der Waals surface area contributed by atoms with E-state index in [0.717, 1.165) is 21.7 Å². The lowest BCUT2D eigenvalue weighted by Crippen LogP contribution is -2.47. The molecule has 0 unspecified atom stereocenters. The molecule has 0 saturated carbocycles. The van der Waals surface area contributed by atoms with Gasteiger partial charge in [-0.25, -0.2) is 27.9 Å². The van der Waals surface area contributed by atoms with Gasteiger partial charge in [0.15, 0.2) is 11.6 Å². The highest BCUT2D eigenvalue weighted by Gasteiger charge is 2.27. The van der Waals surface area contributed by atoms with Crippen LogP contribution in [-0.4, -0.2) is 69.3 Å². The number of benzene rings is 2. The van der Waals surface area contributed by atoms with Crippen LogP contribution in [0.3, 0.4) is 0 Å². The van der Waals surface area contributed by atoms with Gasteiger partial charge in [0.25, 0.3) is 0 Å². The molecule has 1 heterocycles. The fourth-order valence-electron chi connectivity index (χ4n) is 3.51. The normalized spacial score (nSPS) is 13.0. The molecule has 0 radical (unpaired) electrons. The summed E-state index contributed by atoms with van der Waals surface area (Å²) in [7, 11) is -3.57. The van der Waals surface area contributed by atoms with Crippen LogP contribution in [0.1, 0.15) is 12.0 Å². The topological polar surface area (TPSA) is 171 Å². The minimum absolute atomic E-state index is 0.109. The lowest BCUT2D eigenvalue weighted by Gasteiger charge is -2.29. The maximum Gasteiger partial charge on any atom is 0.469 e. The first-order chi connectivity index (χ1) is 18.4. The van der Waals surface area contributed by atoms with E-state index in [4.69, 9.17) is 14.5 Å². The van der Waals surface area contributed by atoms with Crippen LogP contribution < -0.4 is 10.6 Å². The van der Waals surface area contributed by atoms with Crippen molar-refractivity contribution < 1.29 is 47.1 Å². The molecule has 3 amide bonds.